The summed E-state index contributed by atoms with van der Waals surface area (Å²) in [6.45, 7) is 1.73. The quantitative estimate of drug-likeness (QED) is 0.475. The van der Waals surface area contributed by atoms with E-state index in [1.807, 2.05) is 5.38 Å². The monoisotopic (exact) mass is 469 g/mol. The highest BCUT2D eigenvalue weighted by Crippen LogP contribution is 2.32. The molecule has 0 amide bonds. The zero-order chi connectivity index (χ0) is 23.0. The van der Waals surface area contributed by atoms with E-state index in [2.05, 4.69) is 24.8 Å². The number of halogens is 3. The second-order valence-corrected chi connectivity index (χ2v) is 8.61. The maximum atomic E-state index is 12.8. The summed E-state index contributed by atoms with van der Waals surface area (Å²) in [4.78, 5) is 30.9. The van der Waals surface area contributed by atoms with Gasteiger partial charge in [-0.1, -0.05) is 12.1 Å². The Bertz CT molecular complexity index is 1330. The van der Waals surface area contributed by atoms with Crippen molar-refractivity contribution in [3.63, 3.8) is 0 Å². The minimum absolute atomic E-state index is 0.153. The van der Waals surface area contributed by atoms with Gasteiger partial charge < -0.3 is 4.98 Å². The van der Waals surface area contributed by atoms with Crippen LogP contribution in [0.25, 0.3) is 22.0 Å². The van der Waals surface area contributed by atoms with E-state index in [0.717, 1.165) is 35.6 Å². The average Bonchev–Trinajstić information content (AvgIpc) is 3.28. The first kappa shape index (κ1) is 21.5. The minimum atomic E-state index is -4.36. The molecule has 1 aliphatic rings. The molecule has 168 valence electrons. The summed E-state index contributed by atoms with van der Waals surface area (Å²) in [6, 6.07) is 8.61. The fourth-order valence-electron chi connectivity index (χ4n) is 3.81. The average molecular weight is 469 g/mol. The molecule has 3 aromatic heterocycles. The Labute approximate surface area is 190 Å². The van der Waals surface area contributed by atoms with Crippen LogP contribution in [0.3, 0.4) is 0 Å². The van der Waals surface area contributed by atoms with Crippen LogP contribution in [0.2, 0.25) is 0 Å². The number of thiazole rings is 1. The van der Waals surface area contributed by atoms with Crippen molar-refractivity contribution in [1.82, 2.24) is 24.8 Å². The summed E-state index contributed by atoms with van der Waals surface area (Å²) in [7, 11) is 0. The highest BCUT2D eigenvalue weighted by Gasteiger charge is 2.30. The van der Waals surface area contributed by atoms with Crippen LogP contribution in [0.5, 0.6) is 0 Å². The van der Waals surface area contributed by atoms with Gasteiger partial charge in [-0.2, -0.15) is 13.2 Å². The van der Waals surface area contributed by atoms with Gasteiger partial charge in [0.1, 0.15) is 10.8 Å². The second kappa shape index (κ2) is 8.53. The molecule has 0 bridgehead atoms. The number of aromatic nitrogens is 4. The van der Waals surface area contributed by atoms with Crippen molar-refractivity contribution >= 4 is 11.3 Å². The van der Waals surface area contributed by atoms with Crippen LogP contribution in [-0.2, 0) is 25.7 Å². The number of benzene rings is 1. The van der Waals surface area contributed by atoms with Gasteiger partial charge in [-0.25, -0.2) is 9.97 Å². The number of nitrogens with zero attached hydrogens (tertiary/aromatic N) is 4. The minimum Gasteiger partial charge on any atom is -0.306 e. The molecule has 4 heterocycles. The molecule has 0 atom stereocenters. The number of pyridine rings is 1. The van der Waals surface area contributed by atoms with E-state index in [-0.39, 0.29) is 5.56 Å². The highest BCUT2D eigenvalue weighted by molar-refractivity contribution is 7.13. The van der Waals surface area contributed by atoms with Gasteiger partial charge in [0.15, 0.2) is 0 Å². The number of rotatable bonds is 4. The number of hydrogen-bond acceptors (Lipinski definition) is 6. The molecule has 1 aromatic carbocycles. The van der Waals surface area contributed by atoms with E-state index in [0.29, 0.717) is 41.5 Å². The first-order valence-electron chi connectivity index (χ1n) is 10.2. The molecule has 0 fully saturated rings. The van der Waals surface area contributed by atoms with Gasteiger partial charge in [0, 0.05) is 55.0 Å². The Morgan fingerprint density at radius 1 is 1.03 bits per heavy atom. The Balaban J connectivity index is 1.30. The van der Waals surface area contributed by atoms with Crippen LogP contribution < -0.4 is 5.56 Å². The maximum Gasteiger partial charge on any atom is 0.416 e. The third-order valence-corrected chi connectivity index (χ3v) is 6.44. The summed E-state index contributed by atoms with van der Waals surface area (Å²) in [6.07, 6.45) is -0.400. The molecular weight excluding hydrogens is 451 g/mol. The number of aromatic amines is 1. The van der Waals surface area contributed by atoms with Crippen molar-refractivity contribution in [3.05, 3.63) is 87.0 Å². The van der Waals surface area contributed by atoms with Crippen LogP contribution in [-0.4, -0.2) is 31.4 Å². The van der Waals surface area contributed by atoms with E-state index < -0.39 is 11.7 Å². The Hall–Kier alpha value is -3.37. The molecule has 1 aliphatic heterocycles. The third-order valence-electron chi connectivity index (χ3n) is 5.50. The third kappa shape index (κ3) is 4.57. The normalized spacial score (nSPS) is 14.3. The van der Waals surface area contributed by atoms with Crippen molar-refractivity contribution in [1.29, 1.82) is 0 Å². The van der Waals surface area contributed by atoms with E-state index >= 15 is 0 Å². The fraction of sp³-hybridized carbons (Fsp3) is 0.217. The second-order valence-electron chi connectivity index (χ2n) is 7.76. The van der Waals surface area contributed by atoms with Crippen LogP contribution in [0.4, 0.5) is 13.2 Å². The molecule has 5 rings (SSSR count). The predicted molar refractivity (Wildman–Crippen MR) is 118 cm³/mol. The molecular formula is C23H18F3N5OS. The van der Waals surface area contributed by atoms with Gasteiger partial charge >= 0.3 is 6.18 Å². The summed E-state index contributed by atoms with van der Waals surface area (Å²) < 4.78 is 38.3. The van der Waals surface area contributed by atoms with Gasteiger partial charge in [0.05, 0.1) is 22.5 Å². The number of alkyl halides is 3. The smallest absolute Gasteiger partial charge is 0.306 e. The molecule has 4 aromatic rings. The van der Waals surface area contributed by atoms with Gasteiger partial charge in [-0.15, -0.1) is 11.3 Å². The summed E-state index contributed by atoms with van der Waals surface area (Å²) in [5, 5.41) is 2.56. The van der Waals surface area contributed by atoms with Crippen molar-refractivity contribution < 1.29 is 13.2 Å². The van der Waals surface area contributed by atoms with Gasteiger partial charge in [-0.3, -0.25) is 14.7 Å². The lowest BCUT2D eigenvalue weighted by Gasteiger charge is -2.27. The largest absolute Gasteiger partial charge is 0.416 e. The number of hydrogen-bond donors (Lipinski definition) is 1. The summed E-state index contributed by atoms with van der Waals surface area (Å²) >= 11 is 1.39. The first-order chi connectivity index (χ1) is 15.9. The molecule has 10 heteroatoms. The van der Waals surface area contributed by atoms with Gasteiger partial charge in [0.25, 0.3) is 5.56 Å². The molecule has 0 aliphatic carbocycles. The van der Waals surface area contributed by atoms with Crippen LogP contribution in [0.1, 0.15) is 22.5 Å². The molecule has 0 spiro atoms. The number of H-pyrrole nitrogens is 1. The van der Waals surface area contributed by atoms with Crippen molar-refractivity contribution in [2.24, 2.45) is 0 Å². The van der Waals surface area contributed by atoms with Crippen molar-refractivity contribution in [2.75, 3.05) is 6.54 Å². The SMILES string of the molecule is O=c1[nH]c(-c2ccncc2)nc2c1CN(Cc1csc(-c3ccc(C(F)(F)F)cc3)n1)CC2. The maximum absolute atomic E-state index is 12.8. The van der Waals surface area contributed by atoms with Crippen LogP contribution in [0, 0.1) is 0 Å². The Morgan fingerprint density at radius 3 is 2.52 bits per heavy atom. The van der Waals surface area contributed by atoms with E-state index in [1.54, 1.807) is 24.5 Å². The lowest BCUT2D eigenvalue weighted by Crippen LogP contribution is -2.35. The number of nitrogens with one attached hydrogen (secondary N) is 1. The highest BCUT2D eigenvalue weighted by atomic mass is 32.1. The molecule has 33 heavy (non-hydrogen) atoms. The predicted octanol–water partition coefficient (Wildman–Crippen LogP) is 4.53. The Kier molecular flexibility index (Phi) is 5.55. The first-order valence-corrected chi connectivity index (χ1v) is 11.1. The summed E-state index contributed by atoms with van der Waals surface area (Å²) in [5.41, 5.74) is 2.89. The molecule has 0 saturated carbocycles. The zero-order valence-corrected chi connectivity index (χ0v) is 18.1. The van der Waals surface area contributed by atoms with E-state index in [9.17, 15) is 18.0 Å². The zero-order valence-electron chi connectivity index (χ0n) is 17.3. The van der Waals surface area contributed by atoms with Crippen molar-refractivity contribution in [3.8, 4) is 22.0 Å². The van der Waals surface area contributed by atoms with Crippen LogP contribution in [0.15, 0.2) is 59.0 Å². The van der Waals surface area contributed by atoms with E-state index in [4.69, 9.17) is 0 Å². The summed E-state index contributed by atoms with van der Waals surface area (Å²) in [5.74, 6) is 0.537. The van der Waals surface area contributed by atoms with E-state index in [1.165, 1.54) is 23.5 Å². The topological polar surface area (TPSA) is 74.8 Å². The molecule has 0 unspecified atom stereocenters. The molecule has 6 nitrogen and oxygen atoms in total. The fourth-order valence-corrected chi connectivity index (χ4v) is 4.62. The molecule has 0 radical (unpaired) electrons. The number of fused-ring (bicyclic) bond motifs is 1. The molecule has 0 saturated heterocycles. The van der Waals surface area contributed by atoms with Crippen molar-refractivity contribution in [2.45, 2.75) is 25.7 Å². The Morgan fingerprint density at radius 2 is 1.79 bits per heavy atom. The molecule has 1 N–H and O–H groups in total. The van der Waals surface area contributed by atoms with Gasteiger partial charge in [-0.05, 0) is 24.3 Å². The van der Waals surface area contributed by atoms with Crippen LogP contribution >= 0.6 is 11.3 Å². The van der Waals surface area contributed by atoms with Gasteiger partial charge in [0.2, 0.25) is 0 Å². The lowest BCUT2D eigenvalue weighted by atomic mass is 10.1. The standard InChI is InChI=1S/C23H18F3N5OS/c24-23(25,26)16-3-1-15(2-4-16)22-28-17(13-33-22)11-31-10-7-19-18(12-31)21(32)30-20(29-19)14-5-8-27-9-6-14/h1-6,8-9,13H,7,10-12H2,(H,29,30,32). The lowest BCUT2D eigenvalue weighted by molar-refractivity contribution is -0.137.